The highest BCUT2D eigenvalue weighted by atomic mass is 32.2. The molecule has 180 valence electrons. The van der Waals surface area contributed by atoms with E-state index in [2.05, 4.69) is 20.8 Å². The summed E-state index contributed by atoms with van der Waals surface area (Å²) in [6.07, 6.45) is 2.48. The minimum Gasteiger partial charge on any atom is -0.482 e. The third kappa shape index (κ3) is 6.55. The summed E-state index contributed by atoms with van der Waals surface area (Å²) in [5, 5.41) is 18.5. The second-order valence-corrected chi connectivity index (χ2v) is 10.9. The smallest absolute Gasteiger partial charge is 0.341 e. The molecule has 0 saturated heterocycles. The first-order chi connectivity index (χ1) is 15.9. The van der Waals surface area contributed by atoms with E-state index < -0.39 is 22.6 Å². The minimum absolute atomic E-state index is 0.0203. The number of sulfonamides is 1. The molecular weight excluding hydrogens is 456 g/mol. The maximum absolute atomic E-state index is 13.5. The van der Waals surface area contributed by atoms with Crippen LogP contribution in [0, 0.1) is 0 Å². The van der Waals surface area contributed by atoms with Gasteiger partial charge >= 0.3 is 5.97 Å². The number of carboxylic acids is 1. The van der Waals surface area contributed by atoms with Gasteiger partial charge in [-0.05, 0) is 40.3 Å². The number of rotatable bonds is 9. The van der Waals surface area contributed by atoms with Crippen LogP contribution in [0.2, 0.25) is 0 Å². The second kappa shape index (κ2) is 10.2. The molecule has 0 aliphatic carbocycles. The first-order valence-corrected chi connectivity index (χ1v) is 12.1. The molecule has 34 heavy (non-hydrogen) atoms. The van der Waals surface area contributed by atoms with Crippen molar-refractivity contribution in [2.45, 2.75) is 44.2 Å². The topological polar surface area (TPSA) is 108 Å². The van der Waals surface area contributed by atoms with Crippen LogP contribution in [-0.4, -0.2) is 35.6 Å². The number of hydrogen-bond acceptors (Lipinski definition) is 5. The molecule has 1 aromatic heterocycles. The highest BCUT2D eigenvalue weighted by molar-refractivity contribution is 7.89. The molecule has 3 aromatic rings. The summed E-state index contributed by atoms with van der Waals surface area (Å²) in [6, 6.07) is 17.3. The van der Waals surface area contributed by atoms with Crippen molar-refractivity contribution in [3.63, 3.8) is 0 Å². The van der Waals surface area contributed by atoms with Gasteiger partial charge < -0.3 is 9.84 Å². The lowest BCUT2D eigenvalue weighted by atomic mass is 9.87. The Morgan fingerprint density at radius 3 is 2.03 bits per heavy atom. The molecule has 0 unspecified atom stereocenters. The van der Waals surface area contributed by atoms with Gasteiger partial charge in [-0.2, -0.15) is 4.31 Å². The predicted molar refractivity (Wildman–Crippen MR) is 125 cm³/mol. The number of aliphatic carboxylic acids is 1. The Bertz CT molecular complexity index is 1230. The zero-order chi connectivity index (χ0) is 24.9. The van der Waals surface area contributed by atoms with Crippen LogP contribution < -0.4 is 9.47 Å². The number of nitrogens with zero attached hydrogens (tertiary/aromatic N) is 2. The number of aromatic nitrogens is 1. The van der Waals surface area contributed by atoms with E-state index in [-0.39, 0.29) is 23.4 Å². The Morgan fingerprint density at radius 1 is 0.971 bits per heavy atom. The van der Waals surface area contributed by atoms with E-state index in [1.807, 2.05) is 24.3 Å². The molecule has 0 bridgehead atoms. The molecule has 0 saturated carbocycles. The minimum atomic E-state index is -3.95. The summed E-state index contributed by atoms with van der Waals surface area (Å²) in [5.74, 6) is -0.703. The highest BCUT2D eigenvalue weighted by Crippen LogP contribution is 2.25. The van der Waals surface area contributed by atoms with Gasteiger partial charge in [0.1, 0.15) is 5.75 Å². The number of carbonyl (C=O) groups is 1. The maximum atomic E-state index is 13.5. The molecular formula is C25H29N2O6S+. The largest absolute Gasteiger partial charge is 0.482 e. The normalized spacial score (nSPS) is 12.0. The quantitative estimate of drug-likeness (QED) is 0.355. The molecule has 2 aromatic carbocycles. The zero-order valence-corrected chi connectivity index (χ0v) is 20.2. The van der Waals surface area contributed by atoms with Crippen LogP contribution in [-0.2, 0) is 33.3 Å². The standard InChI is InChI=1S/C25H28N2O6S/c1-25(2,3)21-10-6-19(7-11-21)15-27(34(31,32)23-5-4-14-26(30)17-23)16-20-8-12-22(13-9-20)33-18-24(28)29/h4-14,17H,15-16,18H2,1-3H3,(H-,28,29,30)/p+1. The fourth-order valence-electron chi connectivity index (χ4n) is 3.32. The Labute approximate surface area is 199 Å². The SMILES string of the molecule is CC(C)(C)c1ccc(CN(Cc2ccc(OCC(=O)O)cc2)S(=O)(=O)c2ccc[n+](O)c2)cc1. The van der Waals surface area contributed by atoms with E-state index in [4.69, 9.17) is 9.84 Å². The van der Waals surface area contributed by atoms with Gasteiger partial charge in [-0.25, -0.2) is 13.2 Å². The van der Waals surface area contributed by atoms with E-state index in [0.29, 0.717) is 16.0 Å². The van der Waals surface area contributed by atoms with Crippen LogP contribution >= 0.6 is 0 Å². The Balaban J connectivity index is 1.89. The Kier molecular flexibility index (Phi) is 7.58. The van der Waals surface area contributed by atoms with Crippen molar-refractivity contribution >= 4 is 16.0 Å². The summed E-state index contributed by atoms with van der Waals surface area (Å²) < 4.78 is 34.1. The summed E-state index contributed by atoms with van der Waals surface area (Å²) >= 11 is 0. The van der Waals surface area contributed by atoms with Gasteiger partial charge in [0, 0.05) is 23.9 Å². The third-order valence-electron chi connectivity index (χ3n) is 5.22. The fourth-order valence-corrected chi connectivity index (χ4v) is 4.75. The summed E-state index contributed by atoms with van der Waals surface area (Å²) in [7, 11) is -3.95. The molecule has 0 spiro atoms. The summed E-state index contributed by atoms with van der Waals surface area (Å²) in [5.41, 5.74) is 2.65. The molecule has 0 atom stereocenters. The molecule has 0 fully saturated rings. The summed E-state index contributed by atoms with van der Waals surface area (Å²) in [6.45, 7) is 6.08. The maximum Gasteiger partial charge on any atom is 0.341 e. The van der Waals surface area contributed by atoms with E-state index >= 15 is 0 Å². The average Bonchev–Trinajstić information content (AvgIpc) is 2.78. The average molecular weight is 486 g/mol. The van der Waals surface area contributed by atoms with Crippen molar-refractivity contribution in [2.75, 3.05) is 6.61 Å². The van der Waals surface area contributed by atoms with Gasteiger partial charge in [-0.3, -0.25) is 5.21 Å². The van der Waals surface area contributed by atoms with E-state index in [0.717, 1.165) is 17.3 Å². The molecule has 0 aliphatic heterocycles. The Morgan fingerprint density at radius 2 is 1.53 bits per heavy atom. The third-order valence-corrected chi connectivity index (χ3v) is 7.00. The molecule has 2 N–H and O–H groups in total. The molecule has 0 amide bonds. The molecule has 0 aliphatic rings. The van der Waals surface area contributed by atoms with Crippen LogP contribution in [0.1, 0.15) is 37.5 Å². The van der Waals surface area contributed by atoms with Crippen molar-refractivity contribution in [1.29, 1.82) is 0 Å². The molecule has 3 rings (SSSR count). The first-order valence-electron chi connectivity index (χ1n) is 10.7. The van der Waals surface area contributed by atoms with E-state index in [9.17, 15) is 18.4 Å². The molecule has 1 heterocycles. The number of pyridine rings is 1. The lowest BCUT2D eigenvalue weighted by molar-refractivity contribution is -0.906. The van der Waals surface area contributed by atoms with Crippen LogP contribution in [0.4, 0.5) is 0 Å². The number of hydrogen-bond donors (Lipinski definition) is 2. The van der Waals surface area contributed by atoms with Gasteiger partial charge in [-0.15, -0.1) is 0 Å². The monoisotopic (exact) mass is 485 g/mol. The number of benzene rings is 2. The lowest BCUT2D eigenvalue weighted by Gasteiger charge is -2.23. The fraction of sp³-hybridized carbons (Fsp3) is 0.280. The van der Waals surface area contributed by atoms with Crippen LogP contribution in [0.15, 0.2) is 78.0 Å². The van der Waals surface area contributed by atoms with Gasteiger partial charge in [0.05, 0.1) is 0 Å². The first kappa shape index (κ1) is 25.2. The molecule has 8 nitrogen and oxygen atoms in total. The zero-order valence-electron chi connectivity index (χ0n) is 19.4. The predicted octanol–water partition coefficient (Wildman–Crippen LogP) is 3.36. The molecule has 0 radical (unpaired) electrons. The second-order valence-electron chi connectivity index (χ2n) is 8.97. The van der Waals surface area contributed by atoms with Crippen LogP contribution in [0.5, 0.6) is 5.75 Å². The van der Waals surface area contributed by atoms with Crippen molar-refractivity contribution in [2.24, 2.45) is 0 Å². The number of carboxylic acid groups (broad SMARTS) is 1. The van der Waals surface area contributed by atoms with Crippen molar-refractivity contribution in [3.05, 3.63) is 89.7 Å². The van der Waals surface area contributed by atoms with Crippen LogP contribution in [0.3, 0.4) is 0 Å². The number of ether oxygens (including phenoxy) is 1. The van der Waals surface area contributed by atoms with Crippen molar-refractivity contribution < 1.29 is 33.0 Å². The Hall–Kier alpha value is -3.43. The van der Waals surface area contributed by atoms with E-state index in [1.54, 1.807) is 24.3 Å². The lowest BCUT2D eigenvalue weighted by Crippen LogP contribution is -2.34. The van der Waals surface area contributed by atoms with Gasteiger partial charge in [-0.1, -0.05) is 57.2 Å². The van der Waals surface area contributed by atoms with Gasteiger partial charge in [0.2, 0.25) is 22.4 Å². The van der Waals surface area contributed by atoms with Gasteiger partial charge in [0.15, 0.2) is 11.5 Å². The van der Waals surface area contributed by atoms with Gasteiger partial charge in [0.25, 0.3) is 0 Å². The van der Waals surface area contributed by atoms with E-state index in [1.165, 1.54) is 22.6 Å². The summed E-state index contributed by atoms with van der Waals surface area (Å²) in [4.78, 5) is 10.6. The van der Waals surface area contributed by atoms with Crippen LogP contribution in [0.25, 0.3) is 0 Å². The highest BCUT2D eigenvalue weighted by Gasteiger charge is 2.28. The molecule has 9 heteroatoms. The van der Waals surface area contributed by atoms with Crippen molar-refractivity contribution in [3.8, 4) is 5.75 Å². The van der Waals surface area contributed by atoms with Crippen molar-refractivity contribution in [1.82, 2.24) is 4.31 Å².